The summed E-state index contributed by atoms with van der Waals surface area (Å²) in [6.45, 7) is 4.32. The first-order valence-corrected chi connectivity index (χ1v) is 7.07. The van der Waals surface area contributed by atoms with Gasteiger partial charge in [0, 0.05) is 12.6 Å². The quantitative estimate of drug-likeness (QED) is 0.757. The van der Waals surface area contributed by atoms with E-state index in [9.17, 15) is 4.79 Å². The first-order valence-electron chi connectivity index (χ1n) is 7.07. The number of anilines is 1. The number of ether oxygens (including phenoxy) is 1. The minimum Gasteiger partial charge on any atom is -0.495 e. The summed E-state index contributed by atoms with van der Waals surface area (Å²) < 4.78 is 5.24. The minimum absolute atomic E-state index is 0.0106. The SMILES string of the molecule is COc1ccccc1NCC(=O)NC1CNCCC1C. The molecular weight excluding hydrogens is 254 g/mol. The number of nitrogens with one attached hydrogen (secondary N) is 3. The van der Waals surface area contributed by atoms with Gasteiger partial charge in [-0.1, -0.05) is 19.1 Å². The van der Waals surface area contributed by atoms with Gasteiger partial charge in [-0.3, -0.25) is 4.79 Å². The van der Waals surface area contributed by atoms with Crippen LogP contribution in [0.15, 0.2) is 24.3 Å². The molecule has 5 heteroatoms. The number of hydrogen-bond donors (Lipinski definition) is 3. The summed E-state index contributed by atoms with van der Waals surface area (Å²) in [5.74, 6) is 1.27. The monoisotopic (exact) mass is 277 g/mol. The van der Waals surface area contributed by atoms with E-state index in [2.05, 4.69) is 22.9 Å². The van der Waals surface area contributed by atoms with Crippen LogP contribution in [0.2, 0.25) is 0 Å². The summed E-state index contributed by atoms with van der Waals surface area (Å²) >= 11 is 0. The van der Waals surface area contributed by atoms with Crippen molar-refractivity contribution in [1.82, 2.24) is 10.6 Å². The summed E-state index contributed by atoms with van der Waals surface area (Å²) in [6, 6.07) is 7.80. The Morgan fingerprint density at radius 1 is 1.45 bits per heavy atom. The molecule has 2 rings (SSSR count). The number of carbonyl (C=O) groups excluding carboxylic acids is 1. The van der Waals surface area contributed by atoms with Crippen molar-refractivity contribution in [2.75, 3.05) is 32.1 Å². The van der Waals surface area contributed by atoms with Gasteiger partial charge >= 0.3 is 0 Å². The lowest BCUT2D eigenvalue weighted by Gasteiger charge is -2.30. The van der Waals surface area contributed by atoms with Crippen molar-refractivity contribution in [3.8, 4) is 5.75 Å². The Bertz CT molecular complexity index is 450. The number of rotatable bonds is 5. The molecule has 1 fully saturated rings. The molecular formula is C15H23N3O2. The molecule has 3 N–H and O–H groups in total. The van der Waals surface area contributed by atoms with E-state index >= 15 is 0 Å². The highest BCUT2D eigenvalue weighted by atomic mass is 16.5. The van der Waals surface area contributed by atoms with E-state index in [-0.39, 0.29) is 18.5 Å². The van der Waals surface area contributed by atoms with Crippen LogP contribution >= 0.6 is 0 Å². The predicted molar refractivity (Wildman–Crippen MR) is 80.1 cm³/mol. The maximum absolute atomic E-state index is 12.0. The van der Waals surface area contributed by atoms with Gasteiger partial charge in [0.15, 0.2) is 0 Å². The molecule has 1 aromatic carbocycles. The van der Waals surface area contributed by atoms with Gasteiger partial charge in [0.25, 0.3) is 0 Å². The molecule has 1 aromatic rings. The molecule has 0 aliphatic carbocycles. The van der Waals surface area contributed by atoms with Gasteiger partial charge < -0.3 is 20.7 Å². The van der Waals surface area contributed by atoms with Crippen LogP contribution in [0.3, 0.4) is 0 Å². The van der Waals surface area contributed by atoms with E-state index in [1.54, 1.807) is 7.11 Å². The molecule has 110 valence electrons. The summed E-state index contributed by atoms with van der Waals surface area (Å²) in [6.07, 6.45) is 1.10. The van der Waals surface area contributed by atoms with E-state index in [4.69, 9.17) is 4.74 Å². The molecule has 1 heterocycles. The van der Waals surface area contributed by atoms with Crippen molar-refractivity contribution in [1.29, 1.82) is 0 Å². The van der Waals surface area contributed by atoms with Gasteiger partial charge in [-0.15, -0.1) is 0 Å². The standard InChI is InChI=1S/C15H23N3O2/c1-11-7-8-16-9-13(11)18-15(19)10-17-12-5-3-4-6-14(12)20-2/h3-6,11,13,16-17H,7-10H2,1-2H3,(H,18,19). The number of hydrogen-bond acceptors (Lipinski definition) is 4. The third-order valence-electron chi connectivity index (χ3n) is 3.72. The minimum atomic E-state index is 0.0106. The zero-order valence-corrected chi connectivity index (χ0v) is 12.1. The second-order valence-corrected chi connectivity index (χ2v) is 5.20. The normalized spacial score (nSPS) is 22.1. The molecule has 0 aromatic heterocycles. The fourth-order valence-electron chi connectivity index (χ4n) is 2.41. The van der Waals surface area contributed by atoms with Gasteiger partial charge in [-0.25, -0.2) is 0 Å². The smallest absolute Gasteiger partial charge is 0.239 e. The zero-order valence-electron chi connectivity index (χ0n) is 12.1. The van der Waals surface area contributed by atoms with Crippen molar-refractivity contribution >= 4 is 11.6 Å². The van der Waals surface area contributed by atoms with Gasteiger partial charge in [0.2, 0.25) is 5.91 Å². The van der Waals surface area contributed by atoms with E-state index < -0.39 is 0 Å². The topological polar surface area (TPSA) is 62.4 Å². The number of amides is 1. The fraction of sp³-hybridized carbons (Fsp3) is 0.533. The van der Waals surface area contributed by atoms with Crippen LogP contribution in [0.25, 0.3) is 0 Å². The second kappa shape index (κ2) is 7.14. The van der Waals surface area contributed by atoms with Crippen LogP contribution in [0.1, 0.15) is 13.3 Å². The lowest BCUT2D eigenvalue weighted by atomic mass is 9.95. The Kier molecular flexibility index (Phi) is 5.24. The predicted octanol–water partition coefficient (Wildman–Crippen LogP) is 1.22. The number of benzene rings is 1. The molecule has 1 aliphatic heterocycles. The molecule has 1 saturated heterocycles. The number of carbonyl (C=O) groups is 1. The van der Waals surface area contributed by atoms with Gasteiger partial charge in [0.1, 0.15) is 5.75 Å². The molecule has 2 unspecified atom stereocenters. The summed E-state index contributed by atoms with van der Waals surface area (Å²) in [7, 11) is 1.62. The summed E-state index contributed by atoms with van der Waals surface area (Å²) in [5.41, 5.74) is 0.833. The summed E-state index contributed by atoms with van der Waals surface area (Å²) in [4.78, 5) is 12.0. The molecule has 20 heavy (non-hydrogen) atoms. The molecule has 0 bridgehead atoms. The third-order valence-corrected chi connectivity index (χ3v) is 3.72. The van der Waals surface area contributed by atoms with Crippen LogP contribution in [-0.4, -0.2) is 38.7 Å². The van der Waals surface area contributed by atoms with E-state index in [1.807, 2.05) is 24.3 Å². The number of piperidine rings is 1. The van der Waals surface area contributed by atoms with E-state index in [0.717, 1.165) is 30.9 Å². The van der Waals surface area contributed by atoms with Crippen molar-refractivity contribution in [3.63, 3.8) is 0 Å². The number of methoxy groups -OCH3 is 1. The fourth-order valence-corrected chi connectivity index (χ4v) is 2.41. The third kappa shape index (κ3) is 3.87. The Morgan fingerprint density at radius 3 is 3.00 bits per heavy atom. The molecule has 1 aliphatic rings. The average Bonchev–Trinajstić information content (AvgIpc) is 2.48. The lowest BCUT2D eigenvalue weighted by molar-refractivity contribution is -0.120. The van der Waals surface area contributed by atoms with Crippen molar-refractivity contribution in [3.05, 3.63) is 24.3 Å². The van der Waals surface area contributed by atoms with Gasteiger partial charge in [0.05, 0.1) is 19.3 Å². The lowest BCUT2D eigenvalue weighted by Crippen LogP contribution is -2.51. The largest absolute Gasteiger partial charge is 0.495 e. The van der Waals surface area contributed by atoms with Crippen molar-refractivity contribution in [2.45, 2.75) is 19.4 Å². The highest BCUT2D eigenvalue weighted by Gasteiger charge is 2.22. The van der Waals surface area contributed by atoms with Crippen LogP contribution in [0.5, 0.6) is 5.75 Å². The average molecular weight is 277 g/mol. The van der Waals surface area contributed by atoms with Crippen LogP contribution in [-0.2, 0) is 4.79 Å². The highest BCUT2D eigenvalue weighted by Crippen LogP contribution is 2.22. The Balaban J connectivity index is 1.82. The first kappa shape index (κ1) is 14.7. The van der Waals surface area contributed by atoms with Gasteiger partial charge in [-0.2, -0.15) is 0 Å². The maximum atomic E-state index is 12.0. The molecule has 0 radical (unpaired) electrons. The molecule has 0 spiro atoms. The first-order chi connectivity index (χ1) is 9.70. The van der Waals surface area contributed by atoms with Crippen molar-refractivity contribution < 1.29 is 9.53 Å². The molecule has 1 amide bonds. The second-order valence-electron chi connectivity index (χ2n) is 5.20. The van der Waals surface area contributed by atoms with Gasteiger partial charge in [-0.05, 0) is 31.0 Å². The molecule has 0 saturated carbocycles. The Morgan fingerprint density at radius 2 is 2.25 bits per heavy atom. The van der Waals surface area contributed by atoms with Crippen molar-refractivity contribution in [2.24, 2.45) is 5.92 Å². The van der Waals surface area contributed by atoms with Crippen LogP contribution in [0.4, 0.5) is 5.69 Å². The zero-order chi connectivity index (χ0) is 14.4. The van der Waals surface area contributed by atoms with E-state index in [1.165, 1.54) is 0 Å². The highest BCUT2D eigenvalue weighted by molar-refractivity contribution is 5.81. The van der Waals surface area contributed by atoms with Crippen LogP contribution in [0, 0.1) is 5.92 Å². The molecule has 2 atom stereocenters. The Labute approximate surface area is 120 Å². The molecule has 5 nitrogen and oxygen atoms in total. The Hall–Kier alpha value is -1.75. The maximum Gasteiger partial charge on any atom is 0.239 e. The number of para-hydroxylation sites is 2. The summed E-state index contributed by atoms with van der Waals surface area (Å²) in [5, 5.41) is 9.49. The van der Waals surface area contributed by atoms with E-state index in [0.29, 0.717) is 5.92 Å². The van der Waals surface area contributed by atoms with Crippen LogP contribution < -0.4 is 20.7 Å².